The minimum Gasteiger partial charge on any atom is -0.462 e. The minimum atomic E-state index is -0.742. The number of ether oxygens (including phenoxy) is 1. The molecule has 0 bridgehead atoms. The van der Waals surface area contributed by atoms with Crippen molar-refractivity contribution < 1.29 is 24.0 Å². The zero-order chi connectivity index (χ0) is 19.4. The van der Waals surface area contributed by atoms with Crippen molar-refractivity contribution in [2.45, 2.75) is 13.8 Å². The summed E-state index contributed by atoms with van der Waals surface area (Å²) in [5.74, 6) is -2.12. The molecule has 136 valence electrons. The van der Waals surface area contributed by atoms with Crippen LogP contribution in [0.5, 0.6) is 0 Å². The summed E-state index contributed by atoms with van der Waals surface area (Å²) in [7, 11) is 0. The number of non-ortho nitro benzene ring substituents is 1. The number of hydrogen-bond donors (Lipinski definition) is 2. The molecule has 0 aliphatic heterocycles. The first-order valence-electron chi connectivity index (χ1n) is 7.42. The third-order valence-corrected chi connectivity index (χ3v) is 4.62. The average Bonchev–Trinajstić information content (AvgIpc) is 2.91. The first kappa shape index (κ1) is 19.1. The van der Waals surface area contributed by atoms with Crippen molar-refractivity contribution in [1.82, 2.24) is 0 Å². The maximum absolute atomic E-state index is 12.4. The number of nitrogens with zero attached hydrogens (tertiary/aromatic N) is 1. The van der Waals surface area contributed by atoms with Crippen LogP contribution in [0.4, 0.5) is 10.7 Å². The number of rotatable bonds is 6. The van der Waals surface area contributed by atoms with Crippen LogP contribution in [0.25, 0.3) is 0 Å². The number of nitro groups is 1. The number of primary amides is 1. The van der Waals surface area contributed by atoms with Gasteiger partial charge in [0.15, 0.2) is 0 Å². The van der Waals surface area contributed by atoms with Crippen LogP contribution >= 0.6 is 11.3 Å². The number of anilines is 1. The van der Waals surface area contributed by atoms with Gasteiger partial charge in [0.05, 0.1) is 22.0 Å². The van der Waals surface area contributed by atoms with Crippen LogP contribution in [0.2, 0.25) is 0 Å². The highest BCUT2D eigenvalue weighted by Gasteiger charge is 2.26. The highest BCUT2D eigenvalue weighted by atomic mass is 32.1. The highest BCUT2D eigenvalue weighted by Crippen LogP contribution is 2.34. The maximum Gasteiger partial charge on any atom is 0.341 e. The quantitative estimate of drug-likeness (QED) is 0.450. The van der Waals surface area contributed by atoms with Crippen LogP contribution in [0.3, 0.4) is 0 Å². The Morgan fingerprint density at radius 3 is 2.62 bits per heavy atom. The predicted molar refractivity (Wildman–Crippen MR) is 94.6 cm³/mol. The molecule has 0 atom stereocenters. The van der Waals surface area contributed by atoms with Crippen LogP contribution in [0.1, 0.15) is 42.9 Å². The second-order valence-corrected chi connectivity index (χ2v) is 6.13. The number of nitro benzene ring substituents is 1. The third-order valence-electron chi connectivity index (χ3n) is 3.40. The molecule has 0 saturated heterocycles. The Morgan fingerprint density at radius 1 is 1.35 bits per heavy atom. The number of thiophene rings is 1. The lowest BCUT2D eigenvalue weighted by atomic mass is 10.1. The summed E-state index contributed by atoms with van der Waals surface area (Å²) >= 11 is 0.841. The monoisotopic (exact) mass is 377 g/mol. The smallest absolute Gasteiger partial charge is 0.341 e. The molecule has 9 nitrogen and oxygen atoms in total. The summed E-state index contributed by atoms with van der Waals surface area (Å²) in [5.41, 5.74) is 5.41. The van der Waals surface area contributed by atoms with E-state index in [4.69, 9.17) is 10.5 Å². The molecule has 3 N–H and O–H groups in total. The molecular formula is C16H15N3O6S. The van der Waals surface area contributed by atoms with E-state index in [1.54, 1.807) is 6.92 Å². The summed E-state index contributed by atoms with van der Waals surface area (Å²) in [6.07, 6.45) is 0. The Balaban J connectivity index is 2.42. The SMILES string of the molecule is CCOC(=O)c1c(NC(=O)c2cccc([N+](=O)[O-])c2)sc(C(N)=O)c1C. The number of carbonyl (C=O) groups excluding carboxylic acids is 3. The van der Waals surface area contributed by atoms with Gasteiger partial charge in [0.1, 0.15) is 5.00 Å². The Bertz CT molecular complexity index is 905. The molecule has 2 rings (SSSR count). The third kappa shape index (κ3) is 3.86. The summed E-state index contributed by atoms with van der Waals surface area (Å²) in [6, 6.07) is 5.12. The van der Waals surface area contributed by atoms with Crippen molar-refractivity contribution in [1.29, 1.82) is 0 Å². The van der Waals surface area contributed by atoms with Gasteiger partial charge in [0.25, 0.3) is 17.5 Å². The normalized spacial score (nSPS) is 10.2. The molecule has 1 aromatic heterocycles. The van der Waals surface area contributed by atoms with Gasteiger partial charge in [-0.2, -0.15) is 0 Å². The summed E-state index contributed by atoms with van der Waals surface area (Å²) in [4.78, 5) is 46.5. The standard InChI is InChI=1S/C16H15N3O6S/c1-3-25-16(22)11-8(2)12(13(17)20)26-15(11)18-14(21)9-5-4-6-10(7-9)19(23)24/h4-7H,3H2,1-2H3,(H2,17,20)(H,18,21). The van der Waals surface area contributed by atoms with Gasteiger partial charge in [0, 0.05) is 17.7 Å². The van der Waals surface area contributed by atoms with Gasteiger partial charge >= 0.3 is 5.97 Å². The fourth-order valence-corrected chi connectivity index (χ4v) is 3.26. The maximum atomic E-state index is 12.4. The number of nitrogens with two attached hydrogens (primary N) is 1. The number of carbonyl (C=O) groups is 3. The topological polar surface area (TPSA) is 142 Å². The van der Waals surface area contributed by atoms with Crippen molar-refractivity contribution in [3.8, 4) is 0 Å². The van der Waals surface area contributed by atoms with Crippen molar-refractivity contribution in [3.05, 3.63) is 55.9 Å². The Hall–Kier alpha value is -3.27. The molecule has 1 aromatic carbocycles. The number of esters is 1. The first-order valence-corrected chi connectivity index (χ1v) is 8.24. The molecule has 0 radical (unpaired) electrons. The van der Waals surface area contributed by atoms with E-state index in [1.165, 1.54) is 25.1 Å². The lowest BCUT2D eigenvalue weighted by Gasteiger charge is -2.07. The molecule has 0 saturated carbocycles. The van der Waals surface area contributed by atoms with Gasteiger partial charge in [-0.1, -0.05) is 6.07 Å². The number of hydrogen-bond acceptors (Lipinski definition) is 7. The van der Waals surface area contributed by atoms with E-state index in [2.05, 4.69) is 5.32 Å². The van der Waals surface area contributed by atoms with Crippen LogP contribution in [-0.4, -0.2) is 29.3 Å². The lowest BCUT2D eigenvalue weighted by Crippen LogP contribution is -2.15. The molecule has 2 amide bonds. The lowest BCUT2D eigenvalue weighted by molar-refractivity contribution is -0.384. The van der Waals surface area contributed by atoms with Crippen LogP contribution < -0.4 is 11.1 Å². The van der Waals surface area contributed by atoms with Gasteiger partial charge in [-0.25, -0.2) is 4.79 Å². The van der Waals surface area contributed by atoms with Gasteiger partial charge < -0.3 is 15.8 Å². The number of benzene rings is 1. The molecular weight excluding hydrogens is 362 g/mol. The largest absolute Gasteiger partial charge is 0.462 e. The van der Waals surface area contributed by atoms with E-state index >= 15 is 0 Å². The summed E-state index contributed by atoms with van der Waals surface area (Å²) in [6.45, 7) is 3.25. The summed E-state index contributed by atoms with van der Waals surface area (Å²) < 4.78 is 4.96. The van der Waals surface area contributed by atoms with Gasteiger partial charge in [-0.3, -0.25) is 19.7 Å². The molecule has 0 unspecified atom stereocenters. The fourth-order valence-electron chi connectivity index (χ4n) is 2.22. The van der Waals surface area contributed by atoms with Crippen molar-refractivity contribution in [3.63, 3.8) is 0 Å². The van der Waals surface area contributed by atoms with E-state index in [0.717, 1.165) is 17.4 Å². The average molecular weight is 377 g/mol. The minimum absolute atomic E-state index is 0.0284. The highest BCUT2D eigenvalue weighted by molar-refractivity contribution is 7.18. The van der Waals surface area contributed by atoms with Crippen LogP contribution in [0.15, 0.2) is 24.3 Å². The van der Waals surface area contributed by atoms with E-state index in [0.29, 0.717) is 5.56 Å². The molecule has 26 heavy (non-hydrogen) atoms. The molecule has 10 heteroatoms. The number of nitrogens with one attached hydrogen (secondary N) is 1. The molecule has 0 aliphatic rings. The van der Waals surface area contributed by atoms with E-state index in [-0.39, 0.29) is 33.3 Å². The Kier molecular flexibility index (Phi) is 5.68. The van der Waals surface area contributed by atoms with E-state index in [9.17, 15) is 24.5 Å². The van der Waals surface area contributed by atoms with Crippen molar-refractivity contribution >= 4 is 39.8 Å². The van der Waals surface area contributed by atoms with Crippen molar-refractivity contribution in [2.75, 3.05) is 11.9 Å². The van der Waals surface area contributed by atoms with Gasteiger partial charge in [-0.05, 0) is 25.5 Å². The second-order valence-electron chi connectivity index (χ2n) is 5.11. The second kappa shape index (κ2) is 7.74. The fraction of sp³-hybridized carbons (Fsp3) is 0.188. The van der Waals surface area contributed by atoms with Crippen LogP contribution in [0, 0.1) is 17.0 Å². The molecule has 2 aromatic rings. The molecule has 1 heterocycles. The van der Waals surface area contributed by atoms with Gasteiger partial charge in [0.2, 0.25) is 0 Å². The molecule has 0 fully saturated rings. The van der Waals surface area contributed by atoms with Gasteiger partial charge in [-0.15, -0.1) is 11.3 Å². The zero-order valence-corrected chi connectivity index (χ0v) is 14.7. The first-order chi connectivity index (χ1) is 12.3. The Morgan fingerprint density at radius 2 is 2.04 bits per heavy atom. The zero-order valence-electron chi connectivity index (χ0n) is 13.9. The predicted octanol–water partition coefficient (Wildman–Crippen LogP) is 2.49. The Labute approximate surface area is 151 Å². The number of amides is 2. The van der Waals surface area contributed by atoms with Crippen molar-refractivity contribution in [2.24, 2.45) is 5.73 Å². The molecule has 0 aliphatic carbocycles. The van der Waals surface area contributed by atoms with E-state index in [1.807, 2.05) is 0 Å². The summed E-state index contributed by atoms with van der Waals surface area (Å²) in [5, 5.41) is 13.4. The molecule has 0 spiro atoms. The van der Waals surface area contributed by atoms with E-state index < -0.39 is 22.7 Å². The van der Waals surface area contributed by atoms with Crippen LogP contribution in [-0.2, 0) is 4.74 Å².